The van der Waals surface area contributed by atoms with E-state index in [2.05, 4.69) is 45.5 Å². The summed E-state index contributed by atoms with van der Waals surface area (Å²) < 4.78 is 11.4. The minimum atomic E-state index is -0.296. The smallest absolute Gasteiger partial charge is 0.409 e. The van der Waals surface area contributed by atoms with Crippen molar-refractivity contribution in [2.45, 2.75) is 62.5 Å². The van der Waals surface area contributed by atoms with E-state index < -0.39 is 0 Å². The number of aromatic amines is 1. The number of methoxy groups -OCH3 is 1. The molecule has 7 heteroatoms. The van der Waals surface area contributed by atoms with Gasteiger partial charge < -0.3 is 14.4 Å². The van der Waals surface area contributed by atoms with Crippen LogP contribution in [-0.2, 0) is 9.47 Å². The fourth-order valence-electron chi connectivity index (χ4n) is 4.84. The topological polar surface area (TPSA) is 80.3 Å². The van der Waals surface area contributed by atoms with Gasteiger partial charge in [-0.25, -0.2) is 9.78 Å². The summed E-state index contributed by atoms with van der Waals surface area (Å²) in [5, 5.41) is 6.98. The van der Waals surface area contributed by atoms with Gasteiger partial charge in [-0.1, -0.05) is 30.3 Å². The lowest BCUT2D eigenvalue weighted by Crippen LogP contribution is -2.50. The zero-order valence-electron chi connectivity index (χ0n) is 17.0. The maximum absolute atomic E-state index is 12.3. The van der Waals surface area contributed by atoms with Crippen LogP contribution in [0, 0.1) is 0 Å². The molecule has 29 heavy (non-hydrogen) atoms. The van der Waals surface area contributed by atoms with Crippen molar-refractivity contribution in [3.63, 3.8) is 0 Å². The molecule has 1 aromatic heterocycles. The van der Waals surface area contributed by atoms with Crippen LogP contribution in [0.4, 0.5) is 4.79 Å². The Hall–Kier alpha value is -2.41. The molecule has 1 aromatic carbocycles. The normalized spacial score (nSPS) is 27.6. The fourth-order valence-corrected chi connectivity index (χ4v) is 4.84. The first-order chi connectivity index (χ1) is 14.3. The van der Waals surface area contributed by atoms with E-state index in [-0.39, 0.29) is 24.2 Å². The number of aromatic nitrogens is 3. The van der Waals surface area contributed by atoms with Gasteiger partial charge >= 0.3 is 6.09 Å². The number of benzene rings is 1. The van der Waals surface area contributed by atoms with E-state index in [1.165, 1.54) is 19.0 Å². The predicted molar refractivity (Wildman–Crippen MR) is 109 cm³/mol. The van der Waals surface area contributed by atoms with Gasteiger partial charge in [0.1, 0.15) is 12.2 Å². The highest BCUT2D eigenvalue weighted by atomic mass is 16.5. The summed E-state index contributed by atoms with van der Waals surface area (Å²) in [7, 11) is 1.43. The number of amides is 1. The highest BCUT2D eigenvalue weighted by Gasteiger charge is 2.38. The molecule has 4 rings (SSSR count). The van der Waals surface area contributed by atoms with Crippen molar-refractivity contribution in [1.82, 2.24) is 20.1 Å². The van der Waals surface area contributed by atoms with Crippen LogP contribution in [0.3, 0.4) is 0 Å². The summed E-state index contributed by atoms with van der Waals surface area (Å²) in [6, 6.07) is 10.7. The monoisotopic (exact) mass is 398 g/mol. The van der Waals surface area contributed by atoms with E-state index in [1.54, 1.807) is 4.90 Å². The summed E-state index contributed by atoms with van der Waals surface area (Å²) in [6.45, 7) is 1.19. The summed E-state index contributed by atoms with van der Waals surface area (Å²) >= 11 is 0. The number of ether oxygens (including phenoxy) is 2. The van der Waals surface area contributed by atoms with Crippen LogP contribution in [0.25, 0.3) is 0 Å². The standard InChI is InChI=1S/C22H30N4O3/c1-28-22(27)26-13-5-8-19(21-23-15-24-25-21)20(26)14-29-18-11-9-17(10-12-18)16-6-3-2-4-7-16/h2-4,6-7,15,17-20H,5,8-14H2,1H3,(H,23,24,25). The average molecular weight is 399 g/mol. The highest BCUT2D eigenvalue weighted by Crippen LogP contribution is 2.35. The predicted octanol–water partition coefficient (Wildman–Crippen LogP) is 3.86. The molecule has 1 amide bonds. The van der Waals surface area contributed by atoms with Crippen LogP contribution in [-0.4, -0.2) is 58.6 Å². The minimum Gasteiger partial charge on any atom is -0.453 e. The Balaban J connectivity index is 1.37. The molecule has 0 radical (unpaired) electrons. The maximum Gasteiger partial charge on any atom is 0.409 e. The quantitative estimate of drug-likeness (QED) is 0.827. The highest BCUT2D eigenvalue weighted by molar-refractivity contribution is 5.68. The Labute approximate surface area is 171 Å². The van der Waals surface area contributed by atoms with Crippen LogP contribution in [0.1, 0.15) is 61.7 Å². The second-order valence-corrected chi connectivity index (χ2v) is 8.07. The Bertz CT molecular complexity index is 760. The molecule has 2 unspecified atom stereocenters. The van der Waals surface area contributed by atoms with E-state index in [0.29, 0.717) is 19.1 Å². The largest absolute Gasteiger partial charge is 0.453 e. The third-order valence-corrected chi connectivity index (χ3v) is 6.42. The maximum atomic E-state index is 12.3. The van der Waals surface area contributed by atoms with Crippen molar-refractivity contribution in [1.29, 1.82) is 0 Å². The van der Waals surface area contributed by atoms with Gasteiger partial charge in [-0.05, 0) is 50.0 Å². The molecule has 2 aromatic rings. The van der Waals surface area contributed by atoms with Gasteiger partial charge in [0.2, 0.25) is 0 Å². The lowest BCUT2D eigenvalue weighted by molar-refractivity contribution is -0.0246. The number of carbonyl (C=O) groups excluding carboxylic acids is 1. The van der Waals surface area contributed by atoms with Gasteiger partial charge in [-0.2, -0.15) is 5.10 Å². The first-order valence-corrected chi connectivity index (χ1v) is 10.6. The molecule has 2 aliphatic rings. The lowest BCUT2D eigenvalue weighted by Gasteiger charge is -2.40. The molecule has 1 saturated carbocycles. The Morgan fingerprint density at radius 2 is 1.97 bits per heavy atom. The minimum absolute atomic E-state index is 0.0870. The Kier molecular flexibility index (Phi) is 6.44. The van der Waals surface area contributed by atoms with Crippen molar-refractivity contribution >= 4 is 6.09 Å². The summed E-state index contributed by atoms with van der Waals surface area (Å²) in [4.78, 5) is 18.5. The number of likely N-dealkylation sites (tertiary alicyclic amines) is 1. The molecule has 1 aliphatic carbocycles. The molecule has 7 nitrogen and oxygen atoms in total. The molecular weight excluding hydrogens is 368 g/mol. The van der Waals surface area contributed by atoms with Crippen molar-refractivity contribution < 1.29 is 14.3 Å². The van der Waals surface area contributed by atoms with Crippen molar-refractivity contribution in [2.24, 2.45) is 0 Å². The van der Waals surface area contributed by atoms with Crippen molar-refractivity contribution in [3.8, 4) is 0 Å². The molecule has 1 aliphatic heterocycles. The first-order valence-electron chi connectivity index (χ1n) is 10.6. The van der Waals surface area contributed by atoms with Gasteiger partial charge in [0.25, 0.3) is 0 Å². The van der Waals surface area contributed by atoms with E-state index in [9.17, 15) is 4.79 Å². The van der Waals surface area contributed by atoms with E-state index in [0.717, 1.165) is 44.3 Å². The first kappa shape index (κ1) is 19.9. The molecule has 0 bridgehead atoms. The van der Waals surface area contributed by atoms with Gasteiger partial charge in [-0.15, -0.1) is 0 Å². The molecule has 2 fully saturated rings. The molecule has 1 N–H and O–H groups in total. The van der Waals surface area contributed by atoms with Gasteiger partial charge in [0, 0.05) is 12.5 Å². The Morgan fingerprint density at radius 3 is 2.66 bits per heavy atom. The lowest BCUT2D eigenvalue weighted by atomic mass is 9.82. The molecule has 0 spiro atoms. The number of H-pyrrole nitrogens is 1. The number of nitrogens with one attached hydrogen (secondary N) is 1. The number of nitrogens with zero attached hydrogens (tertiary/aromatic N) is 3. The zero-order chi connectivity index (χ0) is 20.1. The van der Waals surface area contributed by atoms with E-state index in [1.807, 2.05) is 0 Å². The number of piperidine rings is 1. The molecule has 2 heterocycles. The average Bonchev–Trinajstić information content (AvgIpc) is 3.32. The SMILES string of the molecule is COC(=O)N1CCCC(c2ncn[nH]2)C1COC1CCC(c2ccccc2)CC1. The number of rotatable bonds is 5. The van der Waals surface area contributed by atoms with Crippen molar-refractivity contribution in [3.05, 3.63) is 48.0 Å². The van der Waals surface area contributed by atoms with Crippen LogP contribution < -0.4 is 0 Å². The van der Waals surface area contributed by atoms with Gasteiger partial charge in [0.15, 0.2) is 0 Å². The van der Waals surface area contributed by atoms with Crippen LogP contribution >= 0.6 is 0 Å². The number of hydrogen-bond donors (Lipinski definition) is 1. The second-order valence-electron chi connectivity index (χ2n) is 8.07. The molecule has 1 saturated heterocycles. The molecule has 156 valence electrons. The molecule has 2 atom stereocenters. The third kappa shape index (κ3) is 4.61. The molecular formula is C22H30N4O3. The zero-order valence-corrected chi connectivity index (χ0v) is 17.0. The van der Waals surface area contributed by atoms with E-state index in [4.69, 9.17) is 9.47 Å². The van der Waals surface area contributed by atoms with Gasteiger partial charge in [-0.3, -0.25) is 5.10 Å². The van der Waals surface area contributed by atoms with Gasteiger partial charge in [0.05, 0.1) is 25.9 Å². The van der Waals surface area contributed by atoms with E-state index >= 15 is 0 Å². The summed E-state index contributed by atoms with van der Waals surface area (Å²) in [5.41, 5.74) is 1.43. The number of carbonyl (C=O) groups is 1. The Morgan fingerprint density at radius 1 is 1.17 bits per heavy atom. The van der Waals surface area contributed by atoms with Crippen LogP contribution in [0.2, 0.25) is 0 Å². The summed E-state index contributed by atoms with van der Waals surface area (Å²) in [6.07, 6.45) is 7.74. The second kappa shape index (κ2) is 9.39. The summed E-state index contributed by atoms with van der Waals surface area (Å²) in [5.74, 6) is 1.53. The van der Waals surface area contributed by atoms with Crippen LogP contribution in [0.15, 0.2) is 36.7 Å². The van der Waals surface area contributed by atoms with Crippen molar-refractivity contribution in [2.75, 3.05) is 20.3 Å². The fraction of sp³-hybridized carbons (Fsp3) is 0.591. The number of hydrogen-bond acceptors (Lipinski definition) is 5. The van der Waals surface area contributed by atoms with Crippen LogP contribution in [0.5, 0.6) is 0 Å². The third-order valence-electron chi connectivity index (χ3n) is 6.42.